The second-order valence-corrected chi connectivity index (χ2v) is 8.05. The van der Waals surface area contributed by atoms with Gasteiger partial charge in [0.1, 0.15) is 0 Å². The van der Waals surface area contributed by atoms with Crippen molar-refractivity contribution < 1.29 is 0 Å². The second-order valence-electron chi connectivity index (χ2n) is 7.11. The molecule has 4 aromatic rings. The number of benzene rings is 3. The van der Waals surface area contributed by atoms with Crippen molar-refractivity contribution in [3.05, 3.63) is 99.3 Å². The Morgan fingerprint density at radius 1 is 0.893 bits per heavy atom. The van der Waals surface area contributed by atoms with Crippen LogP contribution in [0.4, 0.5) is 0 Å². The average molecular weight is 387 g/mol. The third kappa shape index (κ3) is 3.60. The number of fused-ring (bicyclic) bond motifs is 1. The van der Waals surface area contributed by atoms with Crippen LogP contribution in [0.1, 0.15) is 22.3 Å². The summed E-state index contributed by atoms with van der Waals surface area (Å²) in [4.78, 5) is 18.1. The summed E-state index contributed by atoms with van der Waals surface area (Å²) in [5, 5.41) is 1.35. The van der Waals surface area contributed by atoms with Gasteiger partial charge in [-0.05, 0) is 56.2 Å². The van der Waals surface area contributed by atoms with Crippen LogP contribution in [0, 0.1) is 20.8 Å². The van der Waals surface area contributed by atoms with Crippen LogP contribution in [-0.2, 0) is 5.75 Å². The zero-order chi connectivity index (χ0) is 19.7. The highest BCUT2D eigenvalue weighted by molar-refractivity contribution is 7.98. The second kappa shape index (κ2) is 7.64. The molecule has 0 atom stereocenters. The zero-order valence-electron chi connectivity index (χ0n) is 16.3. The first-order valence-electron chi connectivity index (χ1n) is 9.31. The molecule has 0 aliphatic rings. The lowest BCUT2D eigenvalue weighted by molar-refractivity contribution is 0.819. The van der Waals surface area contributed by atoms with Gasteiger partial charge in [-0.3, -0.25) is 9.36 Å². The van der Waals surface area contributed by atoms with Crippen LogP contribution < -0.4 is 5.56 Å². The fourth-order valence-corrected chi connectivity index (χ4v) is 4.30. The molecule has 3 aromatic carbocycles. The number of rotatable bonds is 4. The first-order chi connectivity index (χ1) is 13.5. The van der Waals surface area contributed by atoms with Gasteiger partial charge in [0.25, 0.3) is 5.56 Å². The molecular formula is C24H22N2OS. The Kier molecular flexibility index (Phi) is 5.05. The molecule has 0 bridgehead atoms. The van der Waals surface area contributed by atoms with Crippen molar-refractivity contribution in [1.82, 2.24) is 9.55 Å². The zero-order valence-corrected chi connectivity index (χ0v) is 17.1. The highest BCUT2D eigenvalue weighted by Gasteiger charge is 2.14. The Bertz CT molecular complexity index is 1210. The van der Waals surface area contributed by atoms with Crippen LogP contribution in [0.25, 0.3) is 16.6 Å². The molecule has 0 amide bonds. The van der Waals surface area contributed by atoms with Crippen LogP contribution in [0.2, 0.25) is 0 Å². The van der Waals surface area contributed by atoms with Crippen molar-refractivity contribution in [3.63, 3.8) is 0 Å². The topological polar surface area (TPSA) is 34.9 Å². The molecule has 0 N–H and O–H groups in total. The van der Waals surface area contributed by atoms with Gasteiger partial charge in [-0.15, -0.1) is 0 Å². The molecule has 0 spiro atoms. The summed E-state index contributed by atoms with van der Waals surface area (Å²) < 4.78 is 1.73. The Hall–Kier alpha value is -2.85. The maximum absolute atomic E-state index is 13.3. The maximum atomic E-state index is 13.3. The number of hydrogen-bond donors (Lipinski definition) is 0. The van der Waals surface area contributed by atoms with Gasteiger partial charge in [-0.25, -0.2) is 4.98 Å². The summed E-state index contributed by atoms with van der Waals surface area (Å²) in [6.45, 7) is 6.27. The lowest BCUT2D eigenvalue weighted by atomic mass is 10.1. The van der Waals surface area contributed by atoms with Gasteiger partial charge in [0.15, 0.2) is 5.16 Å². The van der Waals surface area contributed by atoms with E-state index in [1.165, 1.54) is 16.7 Å². The summed E-state index contributed by atoms with van der Waals surface area (Å²) in [5.74, 6) is 0.768. The Labute approximate surface area is 169 Å². The van der Waals surface area contributed by atoms with E-state index < -0.39 is 0 Å². The van der Waals surface area contributed by atoms with Crippen LogP contribution >= 0.6 is 11.8 Å². The van der Waals surface area contributed by atoms with E-state index in [0.717, 1.165) is 22.5 Å². The summed E-state index contributed by atoms with van der Waals surface area (Å²) in [6, 6.07) is 22.0. The van der Waals surface area contributed by atoms with E-state index in [9.17, 15) is 4.79 Å². The fourth-order valence-electron chi connectivity index (χ4n) is 3.23. The molecule has 0 saturated heterocycles. The van der Waals surface area contributed by atoms with Gasteiger partial charge >= 0.3 is 0 Å². The number of thioether (sulfide) groups is 1. The number of aryl methyl sites for hydroxylation is 3. The number of nitrogens with zero attached hydrogens (tertiary/aromatic N) is 2. The van der Waals surface area contributed by atoms with Gasteiger partial charge in [-0.2, -0.15) is 0 Å². The third-order valence-corrected chi connectivity index (χ3v) is 5.89. The van der Waals surface area contributed by atoms with Crippen molar-refractivity contribution in [2.75, 3.05) is 0 Å². The SMILES string of the molecule is Cc1ccc(-n2c(SCc3cc(C)ccc3C)nc3ccccc3c2=O)cc1. The van der Waals surface area contributed by atoms with Gasteiger partial charge in [0.2, 0.25) is 0 Å². The van der Waals surface area contributed by atoms with Crippen molar-refractivity contribution in [3.8, 4) is 5.69 Å². The number of para-hydroxylation sites is 1. The lowest BCUT2D eigenvalue weighted by Gasteiger charge is -2.14. The monoisotopic (exact) mass is 386 g/mol. The van der Waals surface area contributed by atoms with Gasteiger partial charge < -0.3 is 0 Å². The fraction of sp³-hybridized carbons (Fsp3) is 0.167. The minimum absolute atomic E-state index is 0.0297. The normalized spacial score (nSPS) is 11.1. The van der Waals surface area contributed by atoms with Gasteiger partial charge in [0, 0.05) is 5.75 Å². The van der Waals surface area contributed by atoms with Gasteiger partial charge in [-0.1, -0.05) is 65.4 Å². The largest absolute Gasteiger partial charge is 0.268 e. The third-order valence-electron chi connectivity index (χ3n) is 4.90. The molecule has 1 aromatic heterocycles. The molecule has 0 radical (unpaired) electrons. The molecule has 28 heavy (non-hydrogen) atoms. The van der Waals surface area contributed by atoms with Crippen LogP contribution in [-0.4, -0.2) is 9.55 Å². The summed E-state index contributed by atoms with van der Waals surface area (Å²) in [5.41, 5.74) is 6.47. The van der Waals surface area contributed by atoms with Crippen molar-refractivity contribution in [1.29, 1.82) is 0 Å². The lowest BCUT2D eigenvalue weighted by Crippen LogP contribution is -2.21. The Morgan fingerprint density at radius 2 is 1.61 bits per heavy atom. The molecule has 1 heterocycles. The van der Waals surface area contributed by atoms with Crippen molar-refractivity contribution in [2.45, 2.75) is 31.7 Å². The molecule has 4 heteroatoms. The Morgan fingerprint density at radius 3 is 2.39 bits per heavy atom. The molecule has 4 rings (SSSR count). The predicted octanol–water partition coefficient (Wildman–Crippen LogP) is 5.60. The first kappa shape index (κ1) is 18.5. The van der Waals surface area contributed by atoms with Crippen molar-refractivity contribution in [2.24, 2.45) is 0 Å². The van der Waals surface area contributed by atoms with E-state index in [1.807, 2.05) is 55.5 Å². The van der Waals surface area contributed by atoms with Gasteiger partial charge in [0.05, 0.1) is 16.6 Å². The molecular weight excluding hydrogens is 364 g/mol. The quantitative estimate of drug-likeness (QED) is 0.338. The first-order valence-corrected chi connectivity index (χ1v) is 10.3. The number of aromatic nitrogens is 2. The summed E-state index contributed by atoms with van der Waals surface area (Å²) >= 11 is 1.60. The minimum atomic E-state index is -0.0297. The summed E-state index contributed by atoms with van der Waals surface area (Å²) in [7, 11) is 0. The summed E-state index contributed by atoms with van der Waals surface area (Å²) in [6.07, 6.45) is 0. The van der Waals surface area contributed by atoms with E-state index in [-0.39, 0.29) is 5.56 Å². The van der Waals surface area contributed by atoms with E-state index >= 15 is 0 Å². The average Bonchev–Trinajstić information content (AvgIpc) is 2.70. The standard InChI is InChI=1S/C24H22N2OS/c1-16-9-12-20(13-10-16)26-23(27)21-6-4-5-7-22(21)25-24(26)28-15-19-14-17(2)8-11-18(19)3/h4-14H,15H2,1-3H3. The van der Waals surface area contributed by atoms with Crippen molar-refractivity contribution >= 4 is 22.7 Å². The maximum Gasteiger partial charge on any atom is 0.266 e. The highest BCUT2D eigenvalue weighted by atomic mass is 32.2. The Balaban J connectivity index is 1.84. The van der Waals surface area contributed by atoms with E-state index in [1.54, 1.807) is 16.3 Å². The van der Waals surface area contributed by atoms with Crippen LogP contribution in [0.15, 0.2) is 76.7 Å². The molecule has 0 aliphatic heterocycles. The molecule has 140 valence electrons. The minimum Gasteiger partial charge on any atom is -0.268 e. The van der Waals surface area contributed by atoms with Crippen LogP contribution in [0.5, 0.6) is 0 Å². The highest BCUT2D eigenvalue weighted by Crippen LogP contribution is 2.26. The molecule has 3 nitrogen and oxygen atoms in total. The predicted molar refractivity (Wildman–Crippen MR) is 118 cm³/mol. The molecule has 0 saturated carbocycles. The molecule has 0 aliphatic carbocycles. The molecule has 0 unspecified atom stereocenters. The smallest absolute Gasteiger partial charge is 0.266 e. The molecule has 0 fully saturated rings. The van der Waals surface area contributed by atoms with E-state index in [2.05, 4.69) is 32.0 Å². The van der Waals surface area contributed by atoms with E-state index in [4.69, 9.17) is 4.98 Å². The number of hydrogen-bond acceptors (Lipinski definition) is 3. The van der Waals surface area contributed by atoms with E-state index in [0.29, 0.717) is 10.5 Å². The van der Waals surface area contributed by atoms with Crippen LogP contribution in [0.3, 0.4) is 0 Å².